The van der Waals surface area contributed by atoms with Crippen molar-refractivity contribution in [3.8, 4) is 5.75 Å². The molecular formula is C17H23N3O. The van der Waals surface area contributed by atoms with Crippen LogP contribution in [0.3, 0.4) is 0 Å². The third-order valence-electron chi connectivity index (χ3n) is 4.18. The van der Waals surface area contributed by atoms with Crippen LogP contribution in [0.5, 0.6) is 5.75 Å². The van der Waals surface area contributed by atoms with Gasteiger partial charge in [-0.25, -0.2) is 0 Å². The fourth-order valence-corrected chi connectivity index (χ4v) is 2.97. The van der Waals surface area contributed by atoms with Gasteiger partial charge in [0, 0.05) is 19.3 Å². The Hall–Kier alpha value is -1.81. The molecule has 1 heterocycles. The fourth-order valence-electron chi connectivity index (χ4n) is 2.97. The number of hydrogen-bond donors (Lipinski definition) is 2. The minimum absolute atomic E-state index is 0.310. The maximum atomic E-state index is 9.25. The van der Waals surface area contributed by atoms with Gasteiger partial charge in [-0.05, 0) is 36.6 Å². The van der Waals surface area contributed by atoms with E-state index in [9.17, 15) is 5.11 Å². The van der Waals surface area contributed by atoms with E-state index < -0.39 is 0 Å². The number of hydrogen-bond acceptors (Lipinski definition) is 3. The third-order valence-corrected chi connectivity index (χ3v) is 4.18. The zero-order chi connectivity index (χ0) is 14.5. The predicted octanol–water partition coefficient (Wildman–Crippen LogP) is 3.38. The Morgan fingerprint density at radius 2 is 1.81 bits per heavy atom. The summed E-state index contributed by atoms with van der Waals surface area (Å²) < 4.78 is 2.15. The van der Waals surface area contributed by atoms with Crippen LogP contribution in [0, 0.1) is 0 Å². The van der Waals surface area contributed by atoms with Gasteiger partial charge in [-0.2, -0.15) is 5.10 Å². The highest BCUT2D eigenvalue weighted by atomic mass is 16.3. The second-order valence-corrected chi connectivity index (χ2v) is 5.85. The Bertz CT molecular complexity index is 556. The topological polar surface area (TPSA) is 50.1 Å². The maximum absolute atomic E-state index is 9.25. The molecule has 1 aliphatic rings. The van der Waals surface area contributed by atoms with Crippen molar-refractivity contribution < 1.29 is 5.11 Å². The van der Waals surface area contributed by atoms with Gasteiger partial charge in [0.15, 0.2) is 0 Å². The number of aromatic nitrogens is 2. The zero-order valence-electron chi connectivity index (χ0n) is 12.3. The lowest BCUT2D eigenvalue weighted by atomic mass is 9.96. The number of nitrogens with one attached hydrogen (secondary N) is 1. The van der Waals surface area contributed by atoms with E-state index in [4.69, 9.17) is 5.10 Å². The lowest BCUT2D eigenvalue weighted by Gasteiger charge is -2.21. The van der Waals surface area contributed by atoms with Crippen LogP contribution in [0.2, 0.25) is 0 Å². The molecule has 1 fully saturated rings. The molecule has 4 heteroatoms. The summed E-state index contributed by atoms with van der Waals surface area (Å²) in [4.78, 5) is 0. The Morgan fingerprint density at radius 3 is 2.57 bits per heavy atom. The van der Waals surface area contributed by atoms with Gasteiger partial charge in [0.05, 0.1) is 11.7 Å². The molecule has 1 aliphatic carbocycles. The van der Waals surface area contributed by atoms with E-state index in [0.29, 0.717) is 11.8 Å². The van der Waals surface area contributed by atoms with E-state index in [-0.39, 0.29) is 0 Å². The SMILES string of the molecule is Oc1ccc(CNCc2ccn(C3CCCCC3)n2)cc1. The fraction of sp³-hybridized carbons (Fsp3) is 0.471. The average Bonchev–Trinajstić information content (AvgIpc) is 2.99. The van der Waals surface area contributed by atoms with E-state index in [2.05, 4.69) is 22.3 Å². The molecule has 21 heavy (non-hydrogen) atoms. The van der Waals surface area contributed by atoms with Crippen LogP contribution in [-0.2, 0) is 13.1 Å². The van der Waals surface area contributed by atoms with Crippen LogP contribution in [0.4, 0.5) is 0 Å². The highest BCUT2D eigenvalue weighted by Crippen LogP contribution is 2.27. The van der Waals surface area contributed by atoms with Crippen molar-refractivity contribution in [3.63, 3.8) is 0 Å². The summed E-state index contributed by atoms with van der Waals surface area (Å²) in [5.74, 6) is 0.310. The molecule has 112 valence electrons. The molecule has 2 aromatic rings. The molecule has 1 saturated carbocycles. The number of phenolic OH excluding ortho intramolecular Hbond substituents is 1. The van der Waals surface area contributed by atoms with Crippen LogP contribution < -0.4 is 5.32 Å². The van der Waals surface area contributed by atoms with Crippen LogP contribution in [0.25, 0.3) is 0 Å². The largest absolute Gasteiger partial charge is 0.508 e. The molecular weight excluding hydrogens is 262 g/mol. The van der Waals surface area contributed by atoms with Gasteiger partial charge in [-0.3, -0.25) is 4.68 Å². The lowest BCUT2D eigenvalue weighted by molar-refractivity contribution is 0.327. The van der Waals surface area contributed by atoms with Crippen molar-refractivity contribution in [2.24, 2.45) is 0 Å². The van der Waals surface area contributed by atoms with Crippen molar-refractivity contribution in [2.45, 2.75) is 51.2 Å². The van der Waals surface area contributed by atoms with Gasteiger partial charge in [0.2, 0.25) is 0 Å². The Morgan fingerprint density at radius 1 is 1.05 bits per heavy atom. The Balaban J connectivity index is 1.49. The van der Waals surface area contributed by atoms with E-state index in [0.717, 1.165) is 18.8 Å². The van der Waals surface area contributed by atoms with E-state index in [1.807, 2.05) is 12.1 Å². The van der Waals surface area contributed by atoms with Crippen molar-refractivity contribution in [2.75, 3.05) is 0 Å². The van der Waals surface area contributed by atoms with E-state index in [1.54, 1.807) is 12.1 Å². The molecule has 0 radical (unpaired) electrons. The zero-order valence-corrected chi connectivity index (χ0v) is 12.3. The molecule has 0 saturated heterocycles. The Kier molecular flexibility index (Phi) is 4.55. The average molecular weight is 285 g/mol. The van der Waals surface area contributed by atoms with Crippen LogP contribution in [0.1, 0.15) is 49.4 Å². The van der Waals surface area contributed by atoms with Gasteiger partial charge in [0.25, 0.3) is 0 Å². The van der Waals surface area contributed by atoms with E-state index >= 15 is 0 Å². The first-order valence-corrected chi connectivity index (χ1v) is 7.84. The molecule has 0 amide bonds. The first-order chi connectivity index (χ1) is 10.3. The second kappa shape index (κ2) is 6.76. The number of rotatable bonds is 5. The van der Waals surface area contributed by atoms with E-state index in [1.165, 1.54) is 37.7 Å². The first kappa shape index (κ1) is 14.1. The molecule has 3 rings (SSSR count). The maximum Gasteiger partial charge on any atom is 0.115 e. The Labute approximate surface area is 125 Å². The highest BCUT2D eigenvalue weighted by Gasteiger charge is 2.15. The van der Waals surface area contributed by atoms with Gasteiger partial charge in [0.1, 0.15) is 5.75 Å². The van der Waals surface area contributed by atoms with Crippen LogP contribution in [-0.4, -0.2) is 14.9 Å². The van der Waals surface area contributed by atoms with Gasteiger partial charge < -0.3 is 10.4 Å². The standard InChI is InChI=1S/C17H23N3O/c21-17-8-6-14(7-9-17)12-18-13-15-10-11-20(19-15)16-4-2-1-3-5-16/h6-11,16,18,21H,1-5,12-13H2. The van der Waals surface area contributed by atoms with Crippen LogP contribution in [0.15, 0.2) is 36.5 Å². The molecule has 2 N–H and O–H groups in total. The van der Waals surface area contributed by atoms with Crippen molar-refractivity contribution >= 4 is 0 Å². The van der Waals surface area contributed by atoms with Crippen molar-refractivity contribution in [3.05, 3.63) is 47.8 Å². The van der Waals surface area contributed by atoms with Gasteiger partial charge >= 0.3 is 0 Å². The van der Waals surface area contributed by atoms with Crippen molar-refractivity contribution in [1.82, 2.24) is 15.1 Å². The second-order valence-electron chi connectivity index (χ2n) is 5.85. The minimum atomic E-state index is 0.310. The number of phenols is 1. The third kappa shape index (κ3) is 3.85. The number of benzene rings is 1. The van der Waals surface area contributed by atoms with Crippen LogP contribution >= 0.6 is 0 Å². The monoisotopic (exact) mass is 285 g/mol. The molecule has 4 nitrogen and oxygen atoms in total. The molecule has 0 unspecified atom stereocenters. The summed E-state index contributed by atoms with van der Waals surface area (Å²) in [6.45, 7) is 1.57. The summed E-state index contributed by atoms with van der Waals surface area (Å²) >= 11 is 0. The lowest BCUT2D eigenvalue weighted by Crippen LogP contribution is -2.16. The molecule has 0 atom stereocenters. The molecule has 0 bridgehead atoms. The highest BCUT2D eigenvalue weighted by molar-refractivity contribution is 5.25. The summed E-state index contributed by atoms with van der Waals surface area (Å²) in [5.41, 5.74) is 2.26. The molecule has 1 aromatic heterocycles. The first-order valence-electron chi connectivity index (χ1n) is 7.84. The number of nitrogens with zero attached hydrogens (tertiary/aromatic N) is 2. The molecule has 0 aliphatic heterocycles. The molecule has 1 aromatic carbocycles. The normalized spacial score (nSPS) is 16.2. The number of aromatic hydroxyl groups is 1. The summed E-state index contributed by atoms with van der Waals surface area (Å²) in [7, 11) is 0. The minimum Gasteiger partial charge on any atom is -0.508 e. The van der Waals surface area contributed by atoms with Crippen molar-refractivity contribution in [1.29, 1.82) is 0 Å². The quantitative estimate of drug-likeness (QED) is 0.885. The summed E-state index contributed by atoms with van der Waals surface area (Å²) in [6, 6.07) is 10.0. The molecule has 0 spiro atoms. The van der Waals surface area contributed by atoms with Gasteiger partial charge in [-0.15, -0.1) is 0 Å². The van der Waals surface area contributed by atoms with Gasteiger partial charge in [-0.1, -0.05) is 31.4 Å². The summed E-state index contributed by atoms with van der Waals surface area (Å²) in [5, 5.41) is 17.3. The smallest absolute Gasteiger partial charge is 0.115 e. The summed E-state index contributed by atoms with van der Waals surface area (Å²) in [6.07, 6.45) is 8.69. The predicted molar refractivity (Wildman–Crippen MR) is 83.0 cm³/mol.